The molecule has 102 valence electrons. The maximum atomic E-state index is 12.6. The van der Waals surface area contributed by atoms with Crippen LogP contribution >= 0.6 is 11.6 Å². The van der Waals surface area contributed by atoms with E-state index in [2.05, 4.69) is 4.98 Å². The Hall–Kier alpha value is -1.55. The number of hydrogen-bond acceptors (Lipinski definition) is 2. The van der Waals surface area contributed by atoms with Crippen LogP contribution in [0.25, 0.3) is 5.65 Å². The Bertz CT molecular complexity index is 602. The summed E-state index contributed by atoms with van der Waals surface area (Å²) in [7, 11) is 0. The van der Waals surface area contributed by atoms with Crippen molar-refractivity contribution in [3.05, 3.63) is 34.7 Å². The van der Waals surface area contributed by atoms with Gasteiger partial charge in [-0.2, -0.15) is 0 Å². The lowest BCUT2D eigenvalue weighted by molar-refractivity contribution is 0.0765. The molecule has 0 saturated heterocycles. The Labute approximate surface area is 118 Å². The molecule has 0 spiro atoms. The standard InChI is InChI=1S/C14H18ClN3O/c1-4-11-13(14(19)17(5-2)6-3)18-8-7-10(15)9-12(18)16-11/h7-9H,4-6H2,1-3H3. The molecule has 0 N–H and O–H groups in total. The van der Waals surface area contributed by atoms with Gasteiger partial charge < -0.3 is 4.90 Å². The number of nitrogens with zero attached hydrogens (tertiary/aromatic N) is 3. The molecular formula is C14H18ClN3O. The molecule has 0 aliphatic rings. The van der Waals surface area contributed by atoms with Gasteiger partial charge in [-0.25, -0.2) is 4.98 Å². The molecule has 2 rings (SSSR count). The summed E-state index contributed by atoms with van der Waals surface area (Å²) >= 11 is 5.97. The maximum Gasteiger partial charge on any atom is 0.272 e. The van der Waals surface area contributed by atoms with E-state index in [1.54, 1.807) is 23.2 Å². The summed E-state index contributed by atoms with van der Waals surface area (Å²) in [4.78, 5) is 18.9. The summed E-state index contributed by atoms with van der Waals surface area (Å²) in [5, 5.41) is 0.627. The molecule has 19 heavy (non-hydrogen) atoms. The first kappa shape index (κ1) is 13.9. The molecule has 0 aliphatic heterocycles. The number of aromatic nitrogens is 2. The summed E-state index contributed by atoms with van der Waals surface area (Å²) < 4.78 is 1.82. The average Bonchev–Trinajstić information content (AvgIpc) is 2.77. The normalized spacial score (nSPS) is 10.9. The number of aryl methyl sites for hydroxylation is 1. The molecule has 2 heterocycles. The lowest BCUT2D eigenvalue weighted by Gasteiger charge is -2.18. The number of fused-ring (bicyclic) bond motifs is 1. The molecule has 0 unspecified atom stereocenters. The van der Waals surface area contributed by atoms with Crippen molar-refractivity contribution < 1.29 is 4.79 Å². The van der Waals surface area contributed by atoms with Gasteiger partial charge in [0.05, 0.1) is 5.69 Å². The molecular weight excluding hydrogens is 262 g/mol. The van der Waals surface area contributed by atoms with Crippen molar-refractivity contribution in [3.8, 4) is 0 Å². The molecule has 4 nitrogen and oxygen atoms in total. The second kappa shape index (κ2) is 5.61. The predicted octanol–water partition coefficient (Wildman–Crippen LogP) is 3.03. The Morgan fingerprint density at radius 3 is 2.63 bits per heavy atom. The maximum absolute atomic E-state index is 12.6. The number of amides is 1. The van der Waals surface area contributed by atoms with Gasteiger partial charge in [0.2, 0.25) is 0 Å². The van der Waals surface area contributed by atoms with Crippen LogP contribution < -0.4 is 0 Å². The Kier molecular flexibility index (Phi) is 4.10. The topological polar surface area (TPSA) is 37.6 Å². The van der Waals surface area contributed by atoms with Gasteiger partial charge >= 0.3 is 0 Å². The number of halogens is 1. The van der Waals surface area contributed by atoms with Gasteiger partial charge in [0.25, 0.3) is 5.91 Å². The van der Waals surface area contributed by atoms with Crippen LogP contribution in [0.5, 0.6) is 0 Å². The van der Waals surface area contributed by atoms with Crippen LogP contribution in [0.15, 0.2) is 18.3 Å². The highest BCUT2D eigenvalue weighted by Gasteiger charge is 2.21. The molecule has 2 aromatic rings. The molecule has 2 aromatic heterocycles. The largest absolute Gasteiger partial charge is 0.338 e. The number of carbonyl (C=O) groups excluding carboxylic acids is 1. The highest BCUT2D eigenvalue weighted by atomic mass is 35.5. The van der Waals surface area contributed by atoms with Crippen LogP contribution in [0.3, 0.4) is 0 Å². The monoisotopic (exact) mass is 279 g/mol. The Morgan fingerprint density at radius 1 is 1.37 bits per heavy atom. The van der Waals surface area contributed by atoms with E-state index < -0.39 is 0 Å². The predicted molar refractivity (Wildman–Crippen MR) is 76.8 cm³/mol. The molecule has 0 bridgehead atoms. The van der Waals surface area contributed by atoms with E-state index >= 15 is 0 Å². The molecule has 0 fully saturated rings. The SMILES string of the molecule is CCc1nc2cc(Cl)ccn2c1C(=O)N(CC)CC. The third kappa shape index (κ3) is 2.45. The second-order valence-electron chi connectivity index (χ2n) is 4.31. The highest BCUT2D eigenvalue weighted by molar-refractivity contribution is 6.30. The zero-order valence-corrected chi connectivity index (χ0v) is 12.2. The fourth-order valence-corrected chi connectivity index (χ4v) is 2.36. The van der Waals surface area contributed by atoms with Crippen LogP contribution in [0, 0.1) is 0 Å². The number of carbonyl (C=O) groups is 1. The average molecular weight is 280 g/mol. The Balaban J connectivity index is 2.60. The third-order valence-electron chi connectivity index (χ3n) is 3.25. The van der Waals surface area contributed by atoms with E-state index in [-0.39, 0.29) is 5.91 Å². The minimum Gasteiger partial charge on any atom is -0.338 e. The molecule has 5 heteroatoms. The van der Waals surface area contributed by atoms with E-state index in [4.69, 9.17) is 11.6 Å². The third-order valence-corrected chi connectivity index (χ3v) is 3.48. The van der Waals surface area contributed by atoms with Crippen LogP contribution in [-0.4, -0.2) is 33.3 Å². The summed E-state index contributed by atoms with van der Waals surface area (Å²) in [6.45, 7) is 7.35. The van der Waals surface area contributed by atoms with Crippen molar-refractivity contribution in [1.29, 1.82) is 0 Å². The van der Waals surface area contributed by atoms with E-state index in [1.165, 1.54) is 0 Å². The van der Waals surface area contributed by atoms with Crippen LogP contribution in [0.1, 0.15) is 37.0 Å². The van der Waals surface area contributed by atoms with Gasteiger partial charge in [-0.15, -0.1) is 0 Å². The van der Waals surface area contributed by atoms with E-state index in [0.29, 0.717) is 23.8 Å². The van der Waals surface area contributed by atoms with Gasteiger partial charge in [0.15, 0.2) is 0 Å². The van der Waals surface area contributed by atoms with Crippen molar-refractivity contribution in [2.75, 3.05) is 13.1 Å². The first-order chi connectivity index (χ1) is 9.12. The molecule has 0 aromatic carbocycles. The lowest BCUT2D eigenvalue weighted by Crippen LogP contribution is -2.32. The number of rotatable bonds is 4. The van der Waals surface area contributed by atoms with Crippen molar-refractivity contribution in [3.63, 3.8) is 0 Å². The van der Waals surface area contributed by atoms with Gasteiger partial charge in [0.1, 0.15) is 11.3 Å². The van der Waals surface area contributed by atoms with E-state index in [0.717, 1.165) is 17.8 Å². The summed E-state index contributed by atoms with van der Waals surface area (Å²) in [5.74, 6) is 0.0247. The molecule has 1 amide bonds. The van der Waals surface area contributed by atoms with Gasteiger partial charge in [0, 0.05) is 30.4 Å². The molecule has 0 saturated carbocycles. The zero-order valence-electron chi connectivity index (χ0n) is 11.5. The van der Waals surface area contributed by atoms with Gasteiger partial charge in [-0.3, -0.25) is 9.20 Å². The van der Waals surface area contributed by atoms with Crippen LogP contribution in [0.2, 0.25) is 5.02 Å². The molecule has 0 aliphatic carbocycles. The fourth-order valence-electron chi connectivity index (χ4n) is 2.20. The minimum absolute atomic E-state index is 0.0247. The van der Waals surface area contributed by atoms with Gasteiger partial charge in [-0.05, 0) is 26.3 Å². The quantitative estimate of drug-likeness (QED) is 0.863. The van der Waals surface area contributed by atoms with Crippen LogP contribution in [-0.2, 0) is 6.42 Å². The van der Waals surface area contributed by atoms with Crippen molar-refractivity contribution >= 4 is 23.2 Å². The van der Waals surface area contributed by atoms with Crippen molar-refractivity contribution in [2.24, 2.45) is 0 Å². The minimum atomic E-state index is 0.0247. The van der Waals surface area contributed by atoms with Crippen LogP contribution in [0.4, 0.5) is 0 Å². The zero-order chi connectivity index (χ0) is 14.0. The lowest BCUT2D eigenvalue weighted by atomic mass is 10.2. The number of imidazole rings is 1. The van der Waals surface area contributed by atoms with E-state index in [1.807, 2.05) is 25.2 Å². The second-order valence-corrected chi connectivity index (χ2v) is 4.75. The Morgan fingerprint density at radius 2 is 2.05 bits per heavy atom. The van der Waals surface area contributed by atoms with Crippen molar-refractivity contribution in [2.45, 2.75) is 27.2 Å². The summed E-state index contributed by atoms with van der Waals surface area (Å²) in [6.07, 6.45) is 2.53. The highest BCUT2D eigenvalue weighted by Crippen LogP contribution is 2.19. The van der Waals surface area contributed by atoms with Crippen molar-refractivity contribution in [1.82, 2.24) is 14.3 Å². The molecule has 0 atom stereocenters. The first-order valence-corrected chi connectivity index (χ1v) is 6.95. The molecule has 0 radical (unpaired) electrons. The summed E-state index contributed by atoms with van der Waals surface area (Å²) in [6, 6.07) is 3.55. The fraction of sp³-hybridized carbons (Fsp3) is 0.429. The smallest absolute Gasteiger partial charge is 0.272 e. The first-order valence-electron chi connectivity index (χ1n) is 6.58. The van der Waals surface area contributed by atoms with Gasteiger partial charge in [-0.1, -0.05) is 18.5 Å². The number of pyridine rings is 1. The summed E-state index contributed by atoms with van der Waals surface area (Å²) in [5.41, 5.74) is 2.19. The van der Waals surface area contributed by atoms with E-state index in [9.17, 15) is 4.79 Å². The number of hydrogen-bond donors (Lipinski definition) is 0.